The molecule has 1 fully saturated rings. The average Bonchev–Trinajstić information content (AvgIpc) is 2.76. The van der Waals surface area contributed by atoms with Crippen LogP contribution in [0.2, 0.25) is 0 Å². The van der Waals surface area contributed by atoms with Crippen LogP contribution in [0.1, 0.15) is 74.2 Å². The third kappa shape index (κ3) is 4.67. The highest BCUT2D eigenvalue weighted by Gasteiger charge is 2.19. The second kappa shape index (κ2) is 7.74. The van der Waals surface area contributed by atoms with Crippen molar-refractivity contribution < 1.29 is 4.79 Å². The summed E-state index contributed by atoms with van der Waals surface area (Å²) in [6, 6.07) is 8.73. The van der Waals surface area contributed by atoms with Crippen molar-refractivity contribution in [3.63, 3.8) is 0 Å². The Balaban J connectivity index is 1.93. The lowest BCUT2D eigenvalue weighted by molar-refractivity contribution is 0.0912. The van der Waals surface area contributed by atoms with Gasteiger partial charge in [0.05, 0.1) is 6.54 Å². The van der Waals surface area contributed by atoms with Crippen molar-refractivity contribution in [1.29, 1.82) is 0 Å². The topological polar surface area (TPSA) is 20.3 Å². The predicted octanol–water partition coefficient (Wildman–Crippen LogP) is 4.65. The van der Waals surface area contributed by atoms with Gasteiger partial charge in [-0.2, -0.15) is 0 Å². The van der Waals surface area contributed by atoms with E-state index in [0.717, 1.165) is 5.56 Å². The van der Waals surface area contributed by atoms with Gasteiger partial charge in [-0.3, -0.25) is 9.69 Å². The van der Waals surface area contributed by atoms with Crippen molar-refractivity contribution >= 4 is 5.78 Å². The Labute approximate surface area is 129 Å². The fourth-order valence-electron chi connectivity index (χ4n) is 3.20. The van der Waals surface area contributed by atoms with Crippen LogP contribution in [0.3, 0.4) is 0 Å². The minimum atomic E-state index is 0.247. The summed E-state index contributed by atoms with van der Waals surface area (Å²) in [6.07, 6.45) is 7.83. The summed E-state index contributed by atoms with van der Waals surface area (Å²) in [4.78, 5) is 14.7. The van der Waals surface area contributed by atoms with Crippen LogP contribution in [0.25, 0.3) is 0 Å². The monoisotopic (exact) mass is 287 g/mol. The van der Waals surface area contributed by atoms with Crippen LogP contribution in [0, 0.1) is 0 Å². The van der Waals surface area contributed by atoms with E-state index < -0.39 is 0 Å². The fraction of sp³-hybridized carbons (Fsp3) is 0.632. The average molecular weight is 287 g/mol. The van der Waals surface area contributed by atoms with E-state index in [1.54, 1.807) is 0 Å². The first-order valence-electron chi connectivity index (χ1n) is 8.41. The molecule has 1 aliphatic rings. The highest BCUT2D eigenvalue weighted by molar-refractivity contribution is 5.97. The lowest BCUT2D eigenvalue weighted by atomic mass is 10.00. The Bertz CT molecular complexity index is 441. The van der Waals surface area contributed by atoms with E-state index in [0.29, 0.717) is 18.5 Å². The number of carbonyl (C=O) groups is 1. The molecule has 0 amide bonds. The van der Waals surface area contributed by atoms with Crippen LogP contribution in [-0.2, 0) is 0 Å². The number of ketones is 1. The van der Waals surface area contributed by atoms with E-state index in [9.17, 15) is 4.79 Å². The van der Waals surface area contributed by atoms with Gasteiger partial charge in [-0.25, -0.2) is 0 Å². The van der Waals surface area contributed by atoms with E-state index in [-0.39, 0.29) is 5.78 Å². The van der Waals surface area contributed by atoms with E-state index >= 15 is 0 Å². The van der Waals surface area contributed by atoms with Gasteiger partial charge in [-0.05, 0) is 31.4 Å². The predicted molar refractivity (Wildman–Crippen MR) is 89.0 cm³/mol. The Morgan fingerprint density at radius 1 is 1.10 bits per heavy atom. The van der Waals surface area contributed by atoms with Gasteiger partial charge in [-0.1, -0.05) is 63.8 Å². The molecule has 1 aliphatic carbocycles. The quantitative estimate of drug-likeness (QED) is 0.580. The molecular weight excluding hydrogens is 258 g/mol. The van der Waals surface area contributed by atoms with Crippen LogP contribution in [-0.4, -0.2) is 30.3 Å². The number of benzene rings is 1. The maximum absolute atomic E-state index is 12.4. The standard InChI is InChI=1S/C19H29NO/c1-15(2)16-10-12-17(13-11-16)19(21)14-20(3)18-8-6-4-5-7-9-18/h10-13,15,18H,4-9,14H2,1-3H3. The van der Waals surface area contributed by atoms with Crippen LogP contribution >= 0.6 is 0 Å². The largest absolute Gasteiger partial charge is 0.296 e. The molecule has 0 radical (unpaired) electrons. The number of rotatable bonds is 5. The highest BCUT2D eigenvalue weighted by atomic mass is 16.1. The summed E-state index contributed by atoms with van der Waals surface area (Å²) >= 11 is 0. The first kappa shape index (κ1) is 16.2. The number of Topliss-reactive ketones (excluding diaryl/α,β-unsaturated/α-hetero) is 1. The SMILES string of the molecule is CC(C)c1ccc(C(=O)CN(C)C2CCCCCC2)cc1. The summed E-state index contributed by atoms with van der Waals surface area (Å²) in [7, 11) is 2.11. The zero-order valence-electron chi connectivity index (χ0n) is 13.8. The van der Waals surface area contributed by atoms with Crippen molar-refractivity contribution in [3.8, 4) is 0 Å². The molecule has 0 unspecified atom stereocenters. The molecule has 0 aliphatic heterocycles. The zero-order valence-corrected chi connectivity index (χ0v) is 13.8. The van der Waals surface area contributed by atoms with Crippen LogP contribution in [0.15, 0.2) is 24.3 Å². The summed E-state index contributed by atoms with van der Waals surface area (Å²) < 4.78 is 0. The molecule has 0 atom stereocenters. The molecular formula is C19H29NO. The number of nitrogens with zero attached hydrogens (tertiary/aromatic N) is 1. The lowest BCUT2D eigenvalue weighted by Gasteiger charge is -2.26. The molecule has 1 aromatic carbocycles. The molecule has 21 heavy (non-hydrogen) atoms. The van der Waals surface area contributed by atoms with E-state index in [1.165, 1.54) is 44.1 Å². The lowest BCUT2D eigenvalue weighted by Crippen LogP contribution is -2.35. The second-order valence-corrected chi connectivity index (χ2v) is 6.76. The fourth-order valence-corrected chi connectivity index (χ4v) is 3.20. The molecule has 0 spiro atoms. The number of hydrogen-bond acceptors (Lipinski definition) is 2. The van der Waals surface area contributed by atoms with Crippen LogP contribution in [0.5, 0.6) is 0 Å². The molecule has 0 bridgehead atoms. The summed E-state index contributed by atoms with van der Waals surface area (Å²) in [5.41, 5.74) is 2.14. The molecule has 1 saturated carbocycles. The number of likely N-dealkylation sites (N-methyl/N-ethyl adjacent to an activating group) is 1. The summed E-state index contributed by atoms with van der Waals surface area (Å²) in [6.45, 7) is 4.90. The Kier molecular flexibility index (Phi) is 5.98. The van der Waals surface area contributed by atoms with E-state index in [1.807, 2.05) is 12.1 Å². The molecule has 2 nitrogen and oxygen atoms in total. The minimum absolute atomic E-state index is 0.247. The molecule has 116 valence electrons. The summed E-state index contributed by atoms with van der Waals surface area (Å²) in [5.74, 6) is 0.764. The van der Waals surface area contributed by atoms with Crippen molar-refractivity contribution in [2.75, 3.05) is 13.6 Å². The van der Waals surface area contributed by atoms with Crippen LogP contribution in [0.4, 0.5) is 0 Å². The summed E-state index contributed by atoms with van der Waals surface area (Å²) in [5, 5.41) is 0. The van der Waals surface area contributed by atoms with Crippen LogP contribution < -0.4 is 0 Å². The van der Waals surface area contributed by atoms with Crippen molar-refractivity contribution in [2.24, 2.45) is 0 Å². The van der Waals surface area contributed by atoms with Gasteiger partial charge in [0.15, 0.2) is 5.78 Å². The van der Waals surface area contributed by atoms with E-state index in [2.05, 4.69) is 37.9 Å². The van der Waals surface area contributed by atoms with Gasteiger partial charge >= 0.3 is 0 Å². The van der Waals surface area contributed by atoms with Crippen molar-refractivity contribution in [3.05, 3.63) is 35.4 Å². The molecule has 2 rings (SSSR count). The van der Waals surface area contributed by atoms with E-state index in [4.69, 9.17) is 0 Å². The first-order valence-corrected chi connectivity index (χ1v) is 8.41. The van der Waals surface area contributed by atoms with Crippen molar-refractivity contribution in [2.45, 2.75) is 64.3 Å². The molecule has 1 aromatic rings. The smallest absolute Gasteiger partial charge is 0.176 e. The second-order valence-electron chi connectivity index (χ2n) is 6.76. The molecule has 0 saturated heterocycles. The first-order chi connectivity index (χ1) is 10.1. The van der Waals surface area contributed by atoms with Gasteiger partial charge < -0.3 is 0 Å². The zero-order chi connectivity index (χ0) is 15.2. The van der Waals surface area contributed by atoms with Gasteiger partial charge in [0, 0.05) is 11.6 Å². The molecule has 2 heteroatoms. The normalized spacial score (nSPS) is 17.2. The van der Waals surface area contributed by atoms with Crippen molar-refractivity contribution in [1.82, 2.24) is 4.90 Å². The number of hydrogen-bond donors (Lipinski definition) is 0. The Morgan fingerprint density at radius 2 is 1.67 bits per heavy atom. The highest BCUT2D eigenvalue weighted by Crippen LogP contribution is 2.21. The van der Waals surface area contributed by atoms with Gasteiger partial charge in [-0.15, -0.1) is 0 Å². The molecule has 0 N–H and O–H groups in total. The molecule has 0 aromatic heterocycles. The third-order valence-corrected chi connectivity index (χ3v) is 4.74. The maximum atomic E-state index is 12.4. The van der Waals surface area contributed by atoms with Gasteiger partial charge in [0.25, 0.3) is 0 Å². The minimum Gasteiger partial charge on any atom is -0.296 e. The van der Waals surface area contributed by atoms with Gasteiger partial charge in [0.2, 0.25) is 0 Å². The third-order valence-electron chi connectivity index (χ3n) is 4.74. The molecule has 0 heterocycles. The number of carbonyl (C=O) groups excluding carboxylic acids is 1. The Hall–Kier alpha value is -1.15. The Morgan fingerprint density at radius 3 is 2.19 bits per heavy atom. The van der Waals surface area contributed by atoms with Gasteiger partial charge in [0.1, 0.15) is 0 Å². The maximum Gasteiger partial charge on any atom is 0.176 e.